The quantitative estimate of drug-likeness (QED) is 0.728. The van der Waals surface area contributed by atoms with Gasteiger partial charge in [-0.25, -0.2) is 4.98 Å². The van der Waals surface area contributed by atoms with Crippen molar-refractivity contribution < 1.29 is 4.52 Å². The molecule has 0 amide bonds. The van der Waals surface area contributed by atoms with Gasteiger partial charge in [-0.3, -0.25) is 0 Å². The fraction of sp³-hybridized carbons (Fsp3) is 0.214. The molecule has 4 nitrogen and oxygen atoms in total. The van der Waals surface area contributed by atoms with Gasteiger partial charge in [-0.15, -0.1) is 11.3 Å². The fourth-order valence-corrected chi connectivity index (χ4v) is 2.72. The zero-order valence-corrected chi connectivity index (χ0v) is 11.6. The van der Waals surface area contributed by atoms with E-state index in [-0.39, 0.29) is 0 Å². The second kappa shape index (κ2) is 4.93. The highest BCUT2D eigenvalue weighted by atomic mass is 32.1. The molecule has 0 fully saturated rings. The van der Waals surface area contributed by atoms with E-state index in [0.29, 0.717) is 5.89 Å². The van der Waals surface area contributed by atoms with Crippen LogP contribution in [0.5, 0.6) is 0 Å². The molecule has 19 heavy (non-hydrogen) atoms. The van der Waals surface area contributed by atoms with Crippen molar-refractivity contribution in [1.29, 1.82) is 0 Å². The van der Waals surface area contributed by atoms with Gasteiger partial charge in [-0.05, 0) is 6.92 Å². The Kier molecular flexibility index (Phi) is 3.13. The summed E-state index contributed by atoms with van der Waals surface area (Å²) in [4.78, 5) is 9.91. The number of hydrogen-bond acceptors (Lipinski definition) is 5. The molecule has 0 unspecified atom stereocenters. The highest BCUT2D eigenvalue weighted by molar-refractivity contribution is 7.15. The summed E-state index contributed by atoms with van der Waals surface area (Å²) in [5.41, 5.74) is 1.98. The molecule has 2 heterocycles. The molecule has 96 valence electrons. The van der Waals surface area contributed by atoms with Crippen molar-refractivity contribution in [3.63, 3.8) is 0 Å². The maximum atomic E-state index is 5.33. The van der Waals surface area contributed by atoms with Gasteiger partial charge in [0.1, 0.15) is 4.88 Å². The summed E-state index contributed by atoms with van der Waals surface area (Å²) < 4.78 is 5.33. The zero-order valence-electron chi connectivity index (χ0n) is 10.8. The van der Waals surface area contributed by atoms with Crippen molar-refractivity contribution in [3.05, 3.63) is 41.2 Å². The number of aromatic nitrogens is 3. The molecule has 0 bridgehead atoms. The second-order valence-electron chi connectivity index (χ2n) is 4.15. The lowest BCUT2D eigenvalue weighted by atomic mass is 10.1. The standard InChI is InChI=1S/C14H13N3OS/c1-3-11-16-14(18-17-11)13-12(15-9(2)19-13)10-7-5-4-6-8-10/h4-8H,3H2,1-2H3. The first kappa shape index (κ1) is 12.0. The number of thiazole rings is 1. The van der Waals surface area contributed by atoms with Gasteiger partial charge in [0.25, 0.3) is 5.89 Å². The molecule has 0 saturated heterocycles. The van der Waals surface area contributed by atoms with Crippen LogP contribution in [0.15, 0.2) is 34.9 Å². The minimum absolute atomic E-state index is 0.557. The Balaban J connectivity index is 2.12. The lowest BCUT2D eigenvalue weighted by Crippen LogP contribution is -1.84. The Morgan fingerprint density at radius 1 is 1.16 bits per heavy atom. The third-order valence-electron chi connectivity index (χ3n) is 2.76. The highest BCUT2D eigenvalue weighted by Gasteiger charge is 2.18. The predicted molar refractivity (Wildman–Crippen MR) is 75.0 cm³/mol. The molecule has 5 heteroatoms. The lowest BCUT2D eigenvalue weighted by Gasteiger charge is -1.97. The first-order valence-electron chi connectivity index (χ1n) is 6.13. The number of aryl methyl sites for hydroxylation is 2. The van der Waals surface area contributed by atoms with E-state index in [1.165, 1.54) is 0 Å². The average molecular weight is 271 g/mol. The van der Waals surface area contributed by atoms with Crippen LogP contribution < -0.4 is 0 Å². The van der Waals surface area contributed by atoms with E-state index in [1.54, 1.807) is 11.3 Å². The largest absolute Gasteiger partial charge is 0.333 e. The molecule has 2 aromatic heterocycles. The number of nitrogens with zero attached hydrogens (tertiary/aromatic N) is 3. The molecule has 3 rings (SSSR count). The molecule has 3 aromatic rings. The Morgan fingerprint density at radius 3 is 2.63 bits per heavy atom. The van der Waals surface area contributed by atoms with Crippen LogP contribution in [0.2, 0.25) is 0 Å². The zero-order chi connectivity index (χ0) is 13.2. The van der Waals surface area contributed by atoms with Crippen molar-refractivity contribution in [3.8, 4) is 22.0 Å². The first-order chi connectivity index (χ1) is 9.28. The van der Waals surface area contributed by atoms with E-state index in [9.17, 15) is 0 Å². The monoisotopic (exact) mass is 271 g/mol. The molecule has 1 aromatic carbocycles. The van der Waals surface area contributed by atoms with E-state index >= 15 is 0 Å². The van der Waals surface area contributed by atoms with Crippen LogP contribution in [-0.2, 0) is 6.42 Å². The molecular formula is C14H13N3OS. The average Bonchev–Trinajstić information content (AvgIpc) is 3.05. The first-order valence-corrected chi connectivity index (χ1v) is 6.95. The summed E-state index contributed by atoms with van der Waals surface area (Å²) >= 11 is 1.58. The molecule has 0 atom stereocenters. The van der Waals surface area contributed by atoms with Gasteiger partial charge < -0.3 is 4.52 Å². The Labute approximate surface area is 115 Å². The van der Waals surface area contributed by atoms with Gasteiger partial charge in [0, 0.05) is 12.0 Å². The van der Waals surface area contributed by atoms with Crippen LogP contribution >= 0.6 is 11.3 Å². The van der Waals surface area contributed by atoms with E-state index in [0.717, 1.165) is 33.4 Å². The van der Waals surface area contributed by atoms with Gasteiger partial charge in [0.05, 0.1) is 10.7 Å². The summed E-state index contributed by atoms with van der Waals surface area (Å²) in [6, 6.07) is 10.1. The van der Waals surface area contributed by atoms with Crippen molar-refractivity contribution in [1.82, 2.24) is 15.1 Å². The topological polar surface area (TPSA) is 51.8 Å². The molecule has 0 aliphatic heterocycles. The Bertz CT molecular complexity index is 688. The molecule has 0 aliphatic carbocycles. The van der Waals surface area contributed by atoms with Crippen molar-refractivity contribution in [2.75, 3.05) is 0 Å². The van der Waals surface area contributed by atoms with Gasteiger partial charge in [-0.1, -0.05) is 42.4 Å². The van der Waals surface area contributed by atoms with Crippen LogP contribution in [0.1, 0.15) is 17.8 Å². The minimum atomic E-state index is 0.557. The van der Waals surface area contributed by atoms with Gasteiger partial charge in [0.15, 0.2) is 5.82 Å². The maximum absolute atomic E-state index is 5.33. The minimum Gasteiger partial charge on any atom is -0.333 e. The molecular weight excluding hydrogens is 258 g/mol. The normalized spacial score (nSPS) is 10.8. The number of rotatable bonds is 3. The Hall–Kier alpha value is -2.01. The van der Waals surface area contributed by atoms with Crippen LogP contribution in [0.4, 0.5) is 0 Å². The predicted octanol–water partition coefficient (Wildman–Crippen LogP) is 3.73. The smallest absolute Gasteiger partial charge is 0.270 e. The highest BCUT2D eigenvalue weighted by Crippen LogP contribution is 2.35. The Morgan fingerprint density at radius 2 is 1.95 bits per heavy atom. The van der Waals surface area contributed by atoms with Crippen molar-refractivity contribution >= 4 is 11.3 Å². The van der Waals surface area contributed by atoms with Crippen LogP contribution in [-0.4, -0.2) is 15.1 Å². The lowest BCUT2D eigenvalue weighted by molar-refractivity contribution is 0.424. The van der Waals surface area contributed by atoms with Crippen LogP contribution in [0, 0.1) is 6.92 Å². The van der Waals surface area contributed by atoms with Crippen LogP contribution in [0.25, 0.3) is 22.0 Å². The number of benzene rings is 1. The van der Waals surface area contributed by atoms with Crippen molar-refractivity contribution in [2.45, 2.75) is 20.3 Å². The molecule has 0 N–H and O–H groups in total. The molecule has 0 aliphatic rings. The summed E-state index contributed by atoms with van der Waals surface area (Å²) in [5, 5.41) is 4.94. The summed E-state index contributed by atoms with van der Waals surface area (Å²) in [6.45, 7) is 3.99. The SMILES string of the molecule is CCc1noc(-c2sc(C)nc2-c2ccccc2)n1. The summed E-state index contributed by atoms with van der Waals surface area (Å²) in [5.74, 6) is 1.28. The van der Waals surface area contributed by atoms with E-state index in [2.05, 4.69) is 15.1 Å². The third-order valence-corrected chi connectivity index (χ3v) is 3.72. The second-order valence-corrected chi connectivity index (χ2v) is 5.35. The summed E-state index contributed by atoms with van der Waals surface area (Å²) in [7, 11) is 0. The number of hydrogen-bond donors (Lipinski definition) is 0. The maximum Gasteiger partial charge on any atom is 0.270 e. The summed E-state index contributed by atoms with van der Waals surface area (Å²) in [6.07, 6.45) is 0.766. The van der Waals surface area contributed by atoms with E-state index in [1.807, 2.05) is 44.2 Å². The van der Waals surface area contributed by atoms with E-state index in [4.69, 9.17) is 4.52 Å². The molecule has 0 radical (unpaired) electrons. The third kappa shape index (κ3) is 2.29. The van der Waals surface area contributed by atoms with Gasteiger partial charge in [0.2, 0.25) is 0 Å². The molecule has 0 saturated carbocycles. The van der Waals surface area contributed by atoms with Gasteiger partial charge in [-0.2, -0.15) is 4.98 Å². The molecule has 0 spiro atoms. The van der Waals surface area contributed by atoms with Crippen LogP contribution in [0.3, 0.4) is 0 Å². The fourth-order valence-electron chi connectivity index (χ4n) is 1.85. The van der Waals surface area contributed by atoms with Crippen molar-refractivity contribution in [2.24, 2.45) is 0 Å². The van der Waals surface area contributed by atoms with E-state index < -0.39 is 0 Å². The van der Waals surface area contributed by atoms with Gasteiger partial charge >= 0.3 is 0 Å².